The molecule has 0 radical (unpaired) electrons. The summed E-state index contributed by atoms with van der Waals surface area (Å²) in [5, 5.41) is 14.7. The molecule has 5 N–H and O–H groups in total. The topological polar surface area (TPSA) is 117 Å². The Kier molecular flexibility index (Phi) is 3.48. The average Bonchev–Trinajstić information content (AvgIpc) is 2.91. The number of aliphatic carboxylic acids is 1. The second kappa shape index (κ2) is 5.45. The van der Waals surface area contributed by atoms with E-state index in [4.69, 9.17) is 10.8 Å². The van der Waals surface area contributed by atoms with Gasteiger partial charge in [-0.15, -0.1) is 0 Å². The number of aromatic nitrogens is 1. The van der Waals surface area contributed by atoms with E-state index in [1.807, 2.05) is 0 Å². The number of pyridine rings is 1. The van der Waals surface area contributed by atoms with E-state index in [1.54, 1.807) is 30.3 Å². The Morgan fingerprint density at radius 3 is 2.82 bits per heavy atom. The van der Waals surface area contributed by atoms with Gasteiger partial charge in [0.25, 0.3) is 5.91 Å². The number of nitrogens with one attached hydrogen (secondary N) is 2. The van der Waals surface area contributed by atoms with Crippen molar-refractivity contribution in [1.29, 1.82) is 0 Å². The number of benzene rings is 1. The van der Waals surface area contributed by atoms with E-state index in [0.29, 0.717) is 17.9 Å². The molecule has 1 amide bonds. The van der Waals surface area contributed by atoms with Gasteiger partial charge in [0.2, 0.25) is 0 Å². The average molecular weight is 298 g/mol. The van der Waals surface area contributed by atoms with Crippen LogP contribution in [-0.2, 0) is 11.3 Å². The number of nitrogen functional groups attached to an aromatic ring is 1. The molecule has 7 nitrogen and oxygen atoms in total. The summed E-state index contributed by atoms with van der Waals surface area (Å²) in [6.07, 6.45) is 1.42. The molecular formula is C15H14N4O3. The van der Waals surface area contributed by atoms with Gasteiger partial charge < -0.3 is 16.2 Å². The van der Waals surface area contributed by atoms with Crippen LogP contribution in [0.4, 0.5) is 11.4 Å². The molecule has 2 aromatic rings. The predicted octanol–water partition coefficient (Wildman–Crippen LogP) is 1.14. The lowest BCUT2D eigenvalue weighted by molar-refractivity contribution is -0.139. The summed E-state index contributed by atoms with van der Waals surface area (Å²) in [7, 11) is 0. The molecule has 1 aliphatic heterocycles. The highest BCUT2D eigenvalue weighted by Crippen LogP contribution is 2.28. The van der Waals surface area contributed by atoms with E-state index in [9.17, 15) is 9.59 Å². The van der Waals surface area contributed by atoms with Gasteiger partial charge >= 0.3 is 5.97 Å². The number of carbonyl (C=O) groups is 2. The van der Waals surface area contributed by atoms with E-state index >= 15 is 0 Å². The number of hydrogen-bond acceptors (Lipinski definition) is 5. The number of rotatable bonds is 3. The van der Waals surface area contributed by atoms with Crippen LogP contribution in [0.3, 0.4) is 0 Å². The number of nitrogens with two attached hydrogens (primary N) is 1. The fraction of sp³-hybridized carbons (Fsp3) is 0.133. The number of carboxylic acid groups (broad SMARTS) is 1. The molecule has 1 aromatic heterocycles. The first-order valence-electron chi connectivity index (χ1n) is 6.66. The molecule has 0 saturated heterocycles. The van der Waals surface area contributed by atoms with E-state index < -0.39 is 12.0 Å². The van der Waals surface area contributed by atoms with Crippen LogP contribution in [0.5, 0.6) is 0 Å². The van der Waals surface area contributed by atoms with Crippen molar-refractivity contribution < 1.29 is 14.7 Å². The van der Waals surface area contributed by atoms with Crippen molar-refractivity contribution in [3.63, 3.8) is 0 Å². The molecule has 0 fully saturated rings. The van der Waals surface area contributed by atoms with Crippen LogP contribution in [0.1, 0.15) is 27.7 Å². The van der Waals surface area contributed by atoms with Crippen molar-refractivity contribution in [2.45, 2.75) is 12.6 Å². The van der Waals surface area contributed by atoms with Gasteiger partial charge in [-0.25, -0.2) is 4.98 Å². The van der Waals surface area contributed by atoms with Crippen LogP contribution in [0, 0.1) is 0 Å². The van der Waals surface area contributed by atoms with Gasteiger partial charge in [0, 0.05) is 12.2 Å². The van der Waals surface area contributed by atoms with Gasteiger partial charge in [-0.05, 0) is 35.4 Å². The maximum Gasteiger partial charge on any atom is 0.325 e. The van der Waals surface area contributed by atoms with Crippen LogP contribution in [-0.4, -0.2) is 22.0 Å². The highest BCUT2D eigenvalue weighted by Gasteiger charge is 2.27. The van der Waals surface area contributed by atoms with Crippen LogP contribution < -0.4 is 16.4 Å². The molecule has 1 aromatic carbocycles. The zero-order valence-corrected chi connectivity index (χ0v) is 11.5. The Morgan fingerprint density at radius 2 is 2.14 bits per heavy atom. The lowest BCUT2D eigenvalue weighted by Crippen LogP contribution is -2.21. The van der Waals surface area contributed by atoms with Gasteiger partial charge in [0.05, 0.1) is 11.9 Å². The number of amides is 1. The largest absolute Gasteiger partial charge is 0.480 e. The van der Waals surface area contributed by atoms with Gasteiger partial charge in [0.1, 0.15) is 11.7 Å². The number of nitrogens with zero attached hydrogens (tertiary/aromatic N) is 1. The molecule has 1 atom stereocenters. The molecule has 0 aliphatic carbocycles. The van der Waals surface area contributed by atoms with Crippen LogP contribution in [0.2, 0.25) is 0 Å². The van der Waals surface area contributed by atoms with E-state index in [-0.39, 0.29) is 11.6 Å². The lowest BCUT2D eigenvalue weighted by Gasteiger charge is -2.08. The van der Waals surface area contributed by atoms with Gasteiger partial charge in [-0.2, -0.15) is 0 Å². The van der Waals surface area contributed by atoms with Crippen molar-refractivity contribution in [2.75, 3.05) is 11.1 Å². The molecule has 1 aliphatic rings. The standard InChI is InChI=1S/C15H14N4O3/c16-9-1-4-12(17-7-9)14(20)19-10-2-3-11-8(5-10)6-18-13(11)15(21)22/h1-5,7,13,18H,6,16H2,(H,19,20)(H,21,22). The van der Waals surface area contributed by atoms with Gasteiger partial charge in [-0.1, -0.05) is 6.07 Å². The van der Waals surface area contributed by atoms with Crippen LogP contribution >= 0.6 is 0 Å². The molecule has 2 heterocycles. The number of anilines is 2. The Bertz CT molecular complexity index is 743. The molecule has 0 saturated carbocycles. The first-order chi connectivity index (χ1) is 10.5. The number of hydrogen-bond donors (Lipinski definition) is 4. The summed E-state index contributed by atoms with van der Waals surface area (Å²) in [5.74, 6) is -1.26. The summed E-state index contributed by atoms with van der Waals surface area (Å²) in [4.78, 5) is 27.1. The van der Waals surface area contributed by atoms with Gasteiger partial charge in [0.15, 0.2) is 0 Å². The SMILES string of the molecule is Nc1ccc(C(=O)Nc2ccc3c(c2)CNC3C(=O)O)nc1. The third-order valence-electron chi connectivity index (χ3n) is 3.47. The minimum Gasteiger partial charge on any atom is -0.480 e. The Morgan fingerprint density at radius 1 is 1.32 bits per heavy atom. The minimum atomic E-state index is -0.915. The van der Waals surface area contributed by atoms with Crippen molar-refractivity contribution in [3.05, 3.63) is 53.3 Å². The molecule has 3 rings (SSSR count). The number of carboxylic acids is 1. The van der Waals surface area contributed by atoms with Gasteiger partial charge in [-0.3, -0.25) is 14.9 Å². The molecule has 0 bridgehead atoms. The molecule has 22 heavy (non-hydrogen) atoms. The Balaban J connectivity index is 1.78. The summed E-state index contributed by atoms with van der Waals surface area (Å²) in [6, 6.07) is 7.60. The fourth-order valence-electron chi connectivity index (χ4n) is 2.40. The van der Waals surface area contributed by atoms with Crippen molar-refractivity contribution in [3.8, 4) is 0 Å². The Labute approximate surface area is 126 Å². The molecule has 0 spiro atoms. The molecule has 112 valence electrons. The Hall–Kier alpha value is -2.93. The third-order valence-corrected chi connectivity index (χ3v) is 3.47. The van der Waals surface area contributed by atoms with E-state index in [2.05, 4.69) is 15.6 Å². The van der Waals surface area contributed by atoms with Crippen LogP contribution in [0.25, 0.3) is 0 Å². The second-order valence-electron chi connectivity index (χ2n) is 5.00. The number of fused-ring (bicyclic) bond motifs is 1. The molecule has 7 heteroatoms. The monoisotopic (exact) mass is 298 g/mol. The van der Waals surface area contributed by atoms with E-state index in [0.717, 1.165) is 11.1 Å². The quantitative estimate of drug-likeness (QED) is 0.675. The molecule has 1 unspecified atom stereocenters. The summed E-state index contributed by atoms with van der Waals surface area (Å²) in [5.41, 5.74) is 8.44. The number of carbonyl (C=O) groups excluding carboxylic acids is 1. The van der Waals surface area contributed by atoms with Crippen molar-refractivity contribution in [2.24, 2.45) is 0 Å². The van der Waals surface area contributed by atoms with Crippen LogP contribution in [0.15, 0.2) is 36.5 Å². The summed E-state index contributed by atoms with van der Waals surface area (Å²) >= 11 is 0. The maximum atomic E-state index is 12.1. The maximum absolute atomic E-state index is 12.1. The first kappa shape index (κ1) is 14.0. The fourth-order valence-corrected chi connectivity index (χ4v) is 2.40. The third kappa shape index (κ3) is 2.61. The predicted molar refractivity (Wildman–Crippen MR) is 80.3 cm³/mol. The lowest BCUT2D eigenvalue weighted by atomic mass is 10.0. The highest BCUT2D eigenvalue weighted by atomic mass is 16.4. The first-order valence-corrected chi connectivity index (χ1v) is 6.66. The van der Waals surface area contributed by atoms with Crippen molar-refractivity contribution >= 4 is 23.3 Å². The summed E-state index contributed by atoms with van der Waals surface area (Å²) < 4.78 is 0. The van der Waals surface area contributed by atoms with Crippen molar-refractivity contribution in [1.82, 2.24) is 10.3 Å². The summed E-state index contributed by atoms with van der Waals surface area (Å²) in [6.45, 7) is 0.454. The second-order valence-corrected chi connectivity index (χ2v) is 5.00. The zero-order valence-electron chi connectivity index (χ0n) is 11.5. The highest BCUT2D eigenvalue weighted by molar-refractivity contribution is 6.03. The minimum absolute atomic E-state index is 0.260. The smallest absolute Gasteiger partial charge is 0.325 e. The normalized spacial score (nSPS) is 16.1. The molecular weight excluding hydrogens is 284 g/mol. The zero-order chi connectivity index (χ0) is 15.7. The van der Waals surface area contributed by atoms with E-state index in [1.165, 1.54) is 6.20 Å².